The molecule has 0 aromatic carbocycles. The summed E-state index contributed by atoms with van der Waals surface area (Å²) >= 11 is 0. The van der Waals surface area contributed by atoms with Gasteiger partial charge in [-0.3, -0.25) is 4.79 Å². The van der Waals surface area contributed by atoms with Crippen molar-refractivity contribution in [3.8, 4) is 0 Å². The Morgan fingerprint density at radius 2 is 1.36 bits per heavy atom. The Morgan fingerprint density at radius 1 is 0.818 bits per heavy atom. The van der Waals surface area contributed by atoms with E-state index in [9.17, 15) is 4.79 Å². The van der Waals surface area contributed by atoms with Crippen LogP contribution in [0.3, 0.4) is 0 Å². The number of carbonyl (C=O) groups excluding carboxylic acids is 1. The number of carbonyl (C=O) groups is 1. The first-order chi connectivity index (χ1) is 5.36. The first-order valence-corrected chi connectivity index (χ1v) is 4.90. The van der Waals surface area contributed by atoms with E-state index in [1.54, 1.807) is 0 Å². The smallest absolute Gasteiger partial charge is 0.139 e. The largest absolute Gasteiger partial charge is 0.299 e. The van der Waals surface area contributed by atoms with Gasteiger partial charge in [-0.2, -0.15) is 0 Å². The predicted octanol–water partition coefficient (Wildman–Crippen LogP) is 1.48. The second-order valence-electron chi connectivity index (χ2n) is 4.98. The maximum Gasteiger partial charge on any atom is 0.139 e. The molecule has 11 heavy (non-hydrogen) atoms. The Kier molecular flexibility index (Phi) is 0.630. The fourth-order valence-corrected chi connectivity index (χ4v) is 3.53. The van der Waals surface area contributed by atoms with Crippen molar-refractivity contribution in [3.05, 3.63) is 0 Å². The highest BCUT2D eigenvalue weighted by molar-refractivity contribution is 5.89. The van der Waals surface area contributed by atoms with Gasteiger partial charge in [0.1, 0.15) is 5.78 Å². The minimum Gasteiger partial charge on any atom is -0.299 e. The summed E-state index contributed by atoms with van der Waals surface area (Å²) < 4.78 is 0. The molecule has 0 radical (unpaired) electrons. The van der Waals surface area contributed by atoms with Gasteiger partial charge in [-0.05, 0) is 42.9 Å². The van der Waals surface area contributed by atoms with Gasteiger partial charge in [0.2, 0.25) is 0 Å². The number of fused-ring (bicyclic) bond motifs is 5. The molecule has 0 aromatic heterocycles. The third kappa shape index (κ3) is 0.502. The van der Waals surface area contributed by atoms with Crippen molar-refractivity contribution in [1.82, 2.24) is 0 Å². The number of hydrogen-bond donors (Lipinski definition) is 0. The molecular weight excluding hydrogens is 136 g/mol. The number of ketones is 1. The van der Waals surface area contributed by atoms with Gasteiger partial charge in [-0.15, -0.1) is 0 Å². The summed E-state index contributed by atoms with van der Waals surface area (Å²) in [5.41, 5.74) is 0. The molecule has 4 rings (SSSR count). The summed E-state index contributed by atoms with van der Waals surface area (Å²) in [5, 5.41) is 0. The standard InChI is InChI=1S/C10H12O/c11-10-8-2-6(8)4-1-5(4)7-3-9(7)10/h4-9H,1-3H2/t4-,5+,6-,7-,8-,9-/m1/s1. The van der Waals surface area contributed by atoms with Gasteiger partial charge in [-0.25, -0.2) is 0 Å². The molecule has 6 atom stereocenters. The predicted molar refractivity (Wildman–Crippen MR) is 39.8 cm³/mol. The third-order valence-electron chi connectivity index (χ3n) is 4.40. The highest BCUT2D eigenvalue weighted by Crippen LogP contribution is 2.71. The lowest BCUT2D eigenvalue weighted by atomic mass is 10.1. The van der Waals surface area contributed by atoms with Crippen LogP contribution in [-0.4, -0.2) is 5.78 Å². The van der Waals surface area contributed by atoms with Crippen LogP contribution in [0.25, 0.3) is 0 Å². The van der Waals surface area contributed by atoms with Crippen molar-refractivity contribution < 1.29 is 4.79 Å². The lowest BCUT2D eigenvalue weighted by Gasteiger charge is -1.92. The van der Waals surface area contributed by atoms with Crippen LogP contribution >= 0.6 is 0 Å². The van der Waals surface area contributed by atoms with Crippen LogP contribution in [0.4, 0.5) is 0 Å². The number of hydrogen-bond acceptors (Lipinski definition) is 1. The Labute approximate surface area is 66.2 Å². The first-order valence-electron chi connectivity index (χ1n) is 4.90. The Balaban J connectivity index is 1.77. The average Bonchev–Trinajstić information content (AvgIpc) is 2.81. The molecule has 0 aliphatic heterocycles. The van der Waals surface area contributed by atoms with E-state index < -0.39 is 0 Å². The topological polar surface area (TPSA) is 17.1 Å². The van der Waals surface area contributed by atoms with E-state index in [1.807, 2.05) is 0 Å². The fraction of sp³-hybridized carbons (Fsp3) is 0.900. The fourth-order valence-electron chi connectivity index (χ4n) is 3.53. The van der Waals surface area contributed by atoms with Gasteiger partial charge in [0, 0.05) is 11.8 Å². The van der Waals surface area contributed by atoms with Gasteiger partial charge in [0.05, 0.1) is 0 Å². The van der Waals surface area contributed by atoms with Crippen LogP contribution < -0.4 is 0 Å². The van der Waals surface area contributed by atoms with E-state index in [0.29, 0.717) is 17.6 Å². The van der Waals surface area contributed by atoms with Crippen LogP contribution in [0.5, 0.6) is 0 Å². The summed E-state index contributed by atoms with van der Waals surface area (Å²) in [5.74, 6) is 5.56. The summed E-state index contributed by atoms with van der Waals surface area (Å²) in [6.45, 7) is 0. The zero-order valence-electron chi connectivity index (χ0n) is 6.49. The lowest BCUT2D eigenvalue weighted by molar-refractivity contribution is -0.121. The molecule has 1 heteroatoms. The maximum atomic E-state index is 11.6. The van der Waals surface area contributed by atoms with E-state index in [1.165, 1.54) is 19.3 Å². The van der Waals surface area contributed by atoms with E-state index in [4.69, 9.17) is 0 Å². The summed E-state index contributed by atoms with van der Waals surface area (Å²) in [6, 6.07) is 0. The molecule has 0 amide bonds. The zero-order valence-corrected chi connectivity index (χ0v) is 6.49. The van der Waals surface area contributed by atoms with E-state index >= 15 is 0 Å². The molecule has 4 saturated carbocycles. The third-order valence-corrected chi connectivity index (χ3v) is 4.40. The van der Waals surface area contributed by atoms with Gasteiger partial charge < -0.3 is 0 Å². The monoisotopic (exact) mass is 148 g/mol. The summed E-state index contributed by atoms with van der Waals surface area (Å²) in [7, 11) is 0. The molecule has 0 aromatic rings. The highest BCUT2D eigenvalue weighted by atomic mass is 16.1. The minimum atomic E-state index is 0.558. The molecule has 0 spiro atoms. The van der Waals surface area contributed by atoms with Crippen LogP contribution in [0.15, 0.2) is 0 Å². The molecule has 0 N–H and O–H groups in total. The molecule has 4 aliphatic carbocycles. The molecule has 0 saturated heterocycles. The molecule has 4 fully saturated rings. The Hall–Kier alpha value is -0.330. The van der Waals surface area contributed by atoms with Crippen molar-refractivity contribution in [2.75, 3.05) is 0 Å². The molecule has 0 heterocycles. The van der Waals surface area contributed by atoms with Crippen molar-refractivity contribution in [2.24, 2.45) is 35.5 Å². The van der Waals surface area contributed by atoms with Crippen molar-refractivity contribution in [3.63, 3.8) is 0 Å². The molecule has 1 nitrogen and oxygen atoms in total. The van der Waals surface area contributed by atoms with Crippen molar-refractivity contribution in [1.29, 1.82) is 0 Å². The SMILES string of the molecule is O=C1[C@@H]2C[C@@H]2[C@@H]2C[C@@H]2[C@H]2C[C@@H]12. The quantitative estimate of drug-likeness (QED) is 0.508. The summed E-state index contributed by atoms with van der Waals surface area (Å²) in [4.78, 5) is 11.6. The second-order valence-corrected chi connectivity index (χ2v) is 4.98. The summed E-state index contributed by atoms with van der Waals surface area (Å²) in [6.07, 6.45) is 4.02. The lowest BCUT2D eigenvalue weighted by Crippen LogP contribution is -2.05. The van der Waals surface area contributed by atoms with Gasteiger partial charge >= 0.3 is 0 Å². The van der Waals surface area contributed by atoms with Gasteiger partial charge in [0.25, 0.3) is 0 Å². The van der Waals surface area contributed by atoms with Crippen LogP contribution in [0.1, 0.15) is 19.3 Å². The second kappa shape index (κ2) is 1.30. The minimum absolute atomic E-state index is 0.558. The first kappa shape index (κ1) is 5.34. The highest BCUT2D eigenvalue weighted by Gasteiger charge is 2.68. The van der Waals surface area contributed by atoms with E-state index in [2.05, 4.69) is 0 Å². The molecule has 4 aliphatic rings. The Bertz CT molecular complexity index is 234. The number of rotatable bonds is 0. The number of Topliss-reactive ketones (excluding diaryl/α,β-unsaturated/α-hetero) is 1. The van der Waals surface area contributed by atoms with Crippen LogP contribution in [0.2, 0.25) is 0 Å². The molecule has 0 bridgehead atoms. The van der Waals surface area contributed by atoms with E-state index in [0.717, 1.165) is 23.7 Å². The van der Waals surface area contributed by atoms with Gasteiger partial charge in [0.15, 0.2) is 0 Å². The Morgan fingerprint density at radius 3 is 1.91 bits per heavy atom. The van der Waals surface area contributed by atoms with Crippen LogP contribution in [0, 0.1) is 35.5 Å². The average molecular weight is 148 g/mol. The maximum absolute atomic E-state index is 11.6. The molecule has 58 valence electrons. The molecule has 0 unspecified atom stereocenters. The van der Waals surface area contributed by atoms with Gasteiger partial charge in [-0.1, -0.05) is 0 Å². The zero-order chi connectivity index (χ0) is 7.16. The van der Waals surface area contributed by atoms with Crippen LogP contribution in [-0.2, 0) is 4.79 Å². The van der Waals surface area contributed by atoms with Crippen molar-refractivity contribution >= 4 is 5.78 Å². The van der Waals surface area contributed by atoms with Crippen molar-refractivity contribution in [2.45, 2.75) is 19.3 Å². The normalized spacial score (nSPS) is 68.9. The molecular formula is C10H12O. The van der Waals surface area contributed by atoms with E-state index in [-0.39, 0.29) is 0 Å².